The van der Waals surface area contributed by atoms with Crippen molar-refractivity contribution in [3.63, 3.8) is 0 Å². The molecule has 7 N–H and O–H groups in total. The largest absolute Gasteiger partial charge is 0.397 e. The fourth-order valence-corrected chi connectivity index (χ4v) is 10.6. The lowest BCUT2D eigenvalue weighted by molar-refractivity contribution is -0.315. The molecule has 0 aromatic rings. The zero-order valence-corrected chi connectivity index (χ0v) is 25.4. The lowest BCUT2D eigenvalue weighted by atomic mass is 9.40. The summed E-state index contributed by atoms with van der Waals surface area (Å²) in [7, 11) is -4.49. The highest BCUT2D eigenvalue weighted by Gasteiger charge is 2.75. The fraction of sp³-hybridized carbons (Fsp3) is 1.00. The van der Waals surface area contributed by atoms with E-state index in [2.05, 4.69) is 11.1 Å². The van der Waals surface area contributed by atoms with Gasteiger partial charge in [-0.3, -0.25) is 4.55 Å². The van der Waals surface area contributed by atoms with Gasteiger partial charge >= 0.3 is 10.4 Å². The van der Waals surface area contributed by atoms with Crippen LogP contribution in [0.4, 0.5) is 0 Å². The van der Waals surface area contributed by atoms with E-state index in [1.165, 1.54) is 0 Å². The van der Waals surface area contributed by atoms with Crippen molar-refractivity contribution >= 4 is 10.4 Å². The first-order valence-electron chi connectivity index (χ1n) is 15.1. The average molecular weight is 593 g/mol. The summed E-state index contributed by atoms with van der Waals surface area (Å²) in [4.78, 5) is 0. The van der Waals surface area contributed by atoms with Crippen LogP contribution in [0.15, 0.2) is 0 Å². The molecule has 0 spiro atoms. The van der Waals surface area contributed by atoms with Gasteiger partial charge in [-0.25, -0.2) is 4.18 Å². The number of aliphatic hydroxyl groups is 6. The Kier molecular flexibility index (Phi) is 8.92. The molecular formula is C29H52O10S. The standard InChI is InChI=1S/C29H52O10S/c1-16(2)18(10-13-39-40(36,37)38)7-6-17(3)22-23(32)24(33)25-26(22,4)11-9-20-27(5)12-8-19(30)14-29(27,35)21(31)15-28(20,25)34/h16-25,30-35H,6-15H2,1-5H3,(H,36,37,38)/t17-,18+,19?,20-,21?,22+,23?,24?,25-,26-,27-,28+,29?/m1/s1. The van der Waals surface area contributed by atoms with Crippen LogP contribution in [0.25, 0.3) is 0 Å². The van der Waals surface area contributed by atoms with Crippen LogP contribution < -0.4 is 0 Å². The van der Waals surface area contributed by atoms with Crippen molar-refractivity contribution in [2.24, 2.45) is 46.3 Å². The van der Waals surface area contributed by atoms with Crippen molar-refractivity contribution in [1.82, 2.24) is 0 Å². The van der Waals surface area contributed by atoms with Crippen LogP contribution in [0.1, 0.15) is 92.4 Å². The zero-order chi connectivity index (χ0) is 30.1. The number of hydrogen-bond acceptors (Lipinski definition) is 9. The minimum atomic E-state index is -4.49. The first-order chi connectivity index (χ1) is 18.3. The van der Waals surface area contributed by atoms with Gasteiger partial charge in [-0.1, -0.05) is 41.0 Å². The van der Waals surface area contributed by atoms with E-state index >= 15 is 0 Å². The molecule has 4 aliphatic rings. The molecule has 0 radical (unpaired) electrons. The van der Waals surface area contributed by atoms with Gasteiger partial charge in [-0.05, 0) is 73.5 Å². The molecule has 13 atom stereocenters. The molecule has 10 nitrogen and oxygen atoms in total. The SMILES string of the molecule is CC(C)[C@H](CCOS(=O)(=O)O)CC[C@@H](C)[C@H]1C(O)C(O)[C@@H]2[C@]1(C)CC[C@H]1[C@@]2(O)CC(O)C2(O)CC(O)CC[C@]12C. The van der Waals surface area contributed by atoms with Crippen molar-refractivity contribution in [2.45, 2.75) is 128 Å². The molecule has 0 bridgehead atoms. The quantitative estimate of drug-likeness (QED) is 0.195. The highest BCUT2D eigenvalue weighted by atomic mass is 32.3. The predicted octanol–water partition coefficient (Wildman–Crippen LogP) is 2.05. The van der Waals surface area contributed by atoms with E-state index < -0.39 is 68.7 Å². The summed E-state index contributed by atoms with van der Waals surface area (Å²) >= 11 is 0. The molecule has 0 aromatic carbocycles. The molecule has 234 valence electrons. The van der Waals surface area contributed by atoms with Crippen LogP contribution in [0.2, 0.25) is 0 Å². The summed E-state index contributed by atoms with van der Waals surface area (Å²) in [6.45, 7) is 9.97. The van der Waals surface area contributed by atoms with Gasteiger partial charge < -0.3 is 30.6 Å². The second-order valence-corrected chi connectivity index (χ2v) is 15.7. The molecule has 4 aliphatic carbocycles. The Morgan fingerprint density at radius 1 is 0.900 bits per heavy atom. The van der Waals surface area contributed by atoms with E-state index in [0.29, 0.717) is 38.5 Å². The first kappa shape index (κ1) is 32.5. The Morgan fingerprint density at radius 2 is 1.55 bits per heavy atom. The maximum atomic E-state index is 12.4. The molecular weight excluding hydrogens is 540 g/mol. The van der Waals surface area contributed by atoms with E-state index in [9.17, 15) is 39.1 Å². The van der Waals surface area contributed by atoms with E-state index in [0.717, 1.165) is 6.42 Å². The van der Waals surface area contributed by atoms with Crippen molar-refractivity contribution in [3.8, 4) is 0 Å². The fourth-order valence-electron chi connectivity index (χ4n) is 10.3. The summed E-state index contributed by atoms with van der Waals surface area (Å²) < 4.78 is 35.3. The zero-order valence-electron chi connectivity index (χ0n) is 24.6. The summed E-state index contributed by atoms with van der Waals surface area (Å²) in [6, 6.07) is 0. The highest BCUT2D eigenvalue weighted by molar-refractivity contribution is 7.80. The van der Waals surface area contributed by atoms with Gasteiger partial charge in [0.25, 0.3) is 0 Å². The Labute approximate surface area is 239 Å². The van der Waals surface area contributed by atoms with E-state index in [1.807, 2.05) is 27.7 Å². The van der Waals surface area contributed by atoms with E-state index in [-0.39, 0.29) is 43.1 Å². The molecule has 40 heavy (non-hydrogen) atoms. The predicted molar refractivity (Wildman–Crippen MR) is 147 cm³/mol. The Morgan fingerprint density at radius 3 is 2.15 bits per heavy atom. The number of aliphatic hydroxyl groups excluding tert-OH is 4. The lowest BCUT2D eigenvalue weighted by Gasteiger charge is -2.68. The second kappa shape index (κ2) is 11.0. The number of rotatable bonds is 9. The molecule has 4 rings (SSSR count). The van der Waals surface area contributed by atoms with Gasteiger partial charge in [0.2, 0.25) is 0 Å². The van der Waals surface area contributed by atoms with Gasteiger partial charge in [0, 0.05) is 24.2 Å². The van der Waals surface area contributed by atoms with Crippen molar-refractivity contribution in [3.05, 3.63) is 0 Å². The van der Waals surface area contributed by atoms with Crippen LogP contribution in [-0.2, 0) is 14.6 Å². The number of fused-ring (bicyclic) bond motifs is 5. The van der Waals surface area contributed by atoms with Crippen molar-refractivity contribution < 1.29 is 47.8 Å². The van der Waals surface area contributed by atoms with Crippen LogP contribution >= 0.6 is 0 Å². The van der Waals surface area contributed by atoms with E-state index in [1.54, 1.807) is 0 Å². The molecule has 0 aliphatic heterocycles. The summed E-state index contributed by atoms with van der Waals surface area (Å²) in [5.74, 6) is -1.04. The highest BCUT2D eigenvalue weighted by Crippen LogP contribution is 2.70. The number of hydrogen-bond donors (Lipinski definition) is 7. The first-order valence-corrected chi connectivity index (χ1v) is 16.5. The van der Waals surface area contributed by atoms with Gasteiger partial charge in [0.1, 0.15) is 0 Å². The van der Waals surface area contributed by atoms with Gasteiger partial charge in [-0.2, -0.15) is 8.42 Å². The molecule has 5 unspecified atom stereocenters. The Bertz CT molecular complexity index is 1020. The normalized spacial score (nSPS) is 48.8. The maximum Gasteiger partial charge on any atom is 0.397 e. The van der Waals surface area contributed by atoms with Crippen LogP contribution in [0.5, 0.6) is 0 Å². The second-order valence-electron chi connectivity index (χ2n) is 14.6. The minimum Gasteiger partial charge on any atom is -0.393 e. The summed E-state index contributed by atoms with van der Waals surface area (Å²) in [5, 5.41) is 68.7. The molecule has 0 amide bonds. The monoisotopic (exact) mass is 592 g/mol. The van der Waals surface area contributed by atoms with Crippen LogP contribution in [-0.4, -0.2) is 85.8 Å². The minimum absolute atomic E-state index is 0.0191. The summed E-state index contributed by atoms with van der Waals surface area (Å²) in [6.07, 6.45) is -0.249. The third kappa shape index (κ3) is 5.19. The lowest BCUT2D eigenvalue weighted by Crippen LogP contribution is -2.75. The topological polar surface area (TPSA) is 185 Å². The third-order valence-electron chi connectivity index (χ3n) is 12.3. The van der Waals surface area contributed by atoms with Crippen LogP contribution in [0, 0.1) is 46.3 Å². The van der Waals surface area contributed by atoms with Gasteiger partial charge in [0.15, 0.2) is 0 Å². The van der Waals surface area contributed by atoms with E-state index in [4.69, 9.17) is 4.55 Å². The molecule has 0 saturated heterocycles. The average Bonchev–Trinajstić information content (AvgIpc) is 3.02. The third-order valence-corrected chi connectivity index (χ3v) is 12.8. The Balaban J connectivity index is 1.55. The molecule has 4 saturated carbocycles. The smallest absolute Gasteiger partial charge is 0.393 e. The van der Waals surface area contributed by atoms with Crippen LogP contribution in [0.3, 0.4) is 0 Å². The van der Waals surface area contributed by atoms with Crippen molar-refractivity contribution in [2.75, 3.05) is 6.61 Å². The van der Waals surface area contributed by atoms with Gasteiger partial charge in [0.05, 0.1) is 42.2 Å². The molecule has 11 heteroatoms. The Hall–Kier alpha value is -0.370. The summed E-state index contributed by atoms with van der Waals surface area (Å²) in [5.41, 5.74) is -4.47. The maximum absolute atomic E-state index is 12.4. The molecule has 0 aromatic heterocycles. The molecule has 0 heterocycles. The van der Waals surface area contributed by atoms with Crippen molar-refractivity contribution in [1.29, 1.82) is 0 Å². The van der Waals surface area contributed by atoms with Gasteiger partial charge in [-0.15, -0.1) is 0 Å². The molecule has 4 fully saturated rings.